The number of hydrogen-bond acceptors (Lipinski definition) is 4. The van der Waals surface area contributed by atoms with Crippen molar-refractivity contribution in [2.45, 2.75) is 13.0 Å². The van der Waals surface area contributed by atoms with E-state index in [9.17, 15) is 4.79 Å². The topological polar surface area (TPSA) is 64.4 Å². The molecule has 1 unspecified atom stereocenters. The fourth-order valence-corrected chi connectivity index (χ4v) is 1.87. The SMILES string of the molecule is COC(CNC(=O)c1ccno1)c1ccccc1C. The predicted molar refractivity (Wildman–Crippen MR) is 69.8 cm³/mol. The summed E-state index contributed by atoms with van der Waals surface area (Å²) in [5, 5.41) is 6.26. The first-order valence-electron chi connectivity index (χ1n) is 5.99. The van der Waals surface area contributed by atoms with Gasteiger partial charge >= 0.3 is 0 Å². The first-order chi connectivity index (χ1) is 9.22. The van der Waals surface area contributed by atoms with Crippen LogP contribution in [0.1, 0.15) is 27.8 Å². The average Bonchev–Trinajstić information content (AvgIpc) is 2.95. The lowest BCUT2D eigenvalue weighted by Crippen LogP contribution is -2.29. The number of benzene rings is 1. The molecule has 0 saturated heterocycles. The number of carbonyl (C=O) groups is 1. The van der Waals surface area contributed by atoms with Crippen molar-refractivity contribution in [1.82, 2.24) is 10.5 Å². The summed E-state index contributed by atoms with van der Waals surface area (Å²) in [6.45, 7) is 2.39. The van der Waals surface area contributed by atoms with Gasteiger partial charge < -0.3 is 14.6 Å². The van der Waals surface area contributed by atoms with Crippen LogP contribution in [0.5, 0.6) is 0 Å². The molecule has 1 N–H and O–H groups in total. The number of aryl methyl sites for hydroxylation is 1. The maximum absolute atomic E-state index is 11.7. The molecule has 0 spiro atoms. The Balaban J connectivity index is 2.01. The van der Waals surface area contributed by atoms with Gasteiger partial charge in [0, 0.05) is 19.7 Å². The molecule has 2 aromatic rings. The van der Waals surface area contributed by atoms with Crippen LogP contribution in [0.2, 0.25) is 0 Å². The summed E-state index contributed by atoms with van der Waals surface area (Å²) < 4.78 is 10.2. The normalized spacial score (nSPS) is 12.1. The van der Waals surface area contributed by atoms with E-state index in [2.05, 4.69) is 10.5 Å². The summed E-state index contributed by atoms with van der Waals surface area (Å²) >= 11 is 0. The van der Waals surface area contributed by atoms with Gasteiger partial charge in [0.25, 0.3) is 5.91 Å². The van der Waals surface area contributed by atoms with Crippen LogP contribution in [0, 0.1) is 6.92 Å². The Morgan fingerprint density at radius 2 is 2.21 bits per heavy atom. The molecule has 0 radical (unpaired) electrons. The van der Waals surface area contributed by atoms with E-state index in [1.807, 2.05) is 31.2 Å². The Kier molecular flexibility index (Phi) is 4.30. The quantitative estimate of drug-likeness (QED) is 0.894. The minimum atomic E-state index is -0.298. The molecular weight excluding hydrogens is 244 g/mol. The standard InChI is InChI=1S/C14H16N2O3/c1-10-5-3-4-6-11(10)13(18-2)9-15-14(17)12-7-8-16-19-12/h3-8,13H,9H2,1-2H3,(H,15,17). The smallest absolute Gasteiger partial charge is 0.289 e. The van der Waals surface area contributed by atoms with Crippen molar-refractivity contribution in [1.29, 1.82) is 0 Å². The largest absolute Gasteiger partial charge is 0.375 e. The van der Waals surface area contributed by atoms with Gasteiger partial charge in [-0.1, -0.05) is 29.4 Å². The number of amides is 1. The van der Waals surface area contributed by atoms with Gasteiger partial charge in [-0.25, -0.2) is 0 Å². The molecule has 1 atom stereocenters. The van der Waals surface area contributed by atoms with Crippen LogP contribution < -0.4 is 5.32 Å². The highest BCUT2D eigenvalue weighted by molar-refractivity contribution is 5.91. The summed E-state index contributed by atoms with van der Waals surface area (Å²) in [4.78, 5) is 11.7. The van der Waals surface area contributed by atoms with Crippen LogP contribution in [0.15, 0.2) is 41.1 Å². The molecule has 1 heterocycles. The van der Waals surface area contributed by atoms with Crippen molar-refractivity contribution in [3.05, 3.63) is 53.4 Å². The summed E-state index contributed by atoms with van der Waals surface area (Å²) in [6, 6.07) is 9.44. The molecule has 2 rings (SSSR count). The zero-order valence-corrected chi connectivity index (χ0v) is 10.9. The molecule has 1 aromatic heterocycles. The van der Waals surface area contributed by atoms with Crippen LogP contribution in [-0.4, -0.2) is 24.7 Å². The van der Waals surface area contributed by atoms with Gasteiger partial charge in [-0.3, -0.25) is 4.79 Å². The number of ether oxygens (including phenoxy) is 1. The number of hydrogen-bond donors (Lipinski definition) is 1. The number of aromatic nitrogens is 1. The van der Waals surface area contributed by atoms with Gasteiger partial charge in [0.1, 0.15) is 0 Å². The zero-order valence-electron chi connectivity index (χ0n) is 10.9. The second-order valence-corrected chi connectivity index (χ2v) is 4.17. The Morgan fingerprint density at radius 1 is 1.42 bits per heavy atom. The number of rotatable bonds is 5. The highest BCUT2D eigenvalue weighted by atomic mass is 16.5. The van der Waals surface area contributed by atoms with Crippen LogP contribution >= 0.6 is 0 Å². The Labute approximate surface area is 111 Å². The highest BCUT2D eigenvalue weighted by Crippen LogP contribution is 2.19. The molecule has 19 heavy (non-hydrogen) atoms. The molecule has 5 heteroatoms. The first kappa shape index (κ1) is 13.3. The fraction of sp³-hybridized carbons (Fsp3) is 0.286. The van der Waals surface area contributed by atoms with E-state index in [1.54, 1.807) is 7.11 Å². The maximum atomic E-state index is 11.7. The van der Waals surface area contributed by atoms with Crippen LogP contribution in [0.3, 0.4) is 0 Å². The number of nitrogens with zero attached hydrogens (tertiary/aromatic N) is 1. The first-order valence-corrected chi connectivity index (χ1v) is 5.99. The molecule has 0 fully saturated rings. The molecule has 100 valence electrons. The van der Waals surface area contributed by atoms with E-state index >= 15 is 0 Å². The molecule has 1 aromatic carbocycles. The molecule has 0 saturated carbocycles. The molecule has 0 aliphatic rings. The fourth-order valence-electron chi connectivity index (χ4n) is 1.87. The second kappa shape index (κ2) is 6.15. The van der Waals surface area contributed by atoms with Crippen molar-refractivity contribution < 1.29 is 14.1 Å². The molecule has 5 nitrogen and oxygen atoms in total. The van der Waals surface area contributed by atoms with Gasteiger partial charge in [0.15, 0.2) is 0 Å². The monoisotopic (exact) mass is 260 g/mol. The van der Waals surface area contributed by atoms with Gasteiger partial charge in [0.05, 0.1) is 12.3 Å². The molecule has 1 amide bonds. The summed E-state index contributed by atoms with van der Waals surface area (Å²) in [7, 11) is 1.62. The minimum absolute atomic E-state index is 0.187. The van der Waals surface area contributed by atoms with Gasteiger partial charge in [-0.2, -0.15) is 0 Å². The third-order valence-corrected chi connectivity index (χ3v) is 2.93. The van der Waals surface area contributed by atoms with Crippen molar-refractivity contribution in [2.75, 3.05) is 13.7 Å². The second-order valence-electron chi connectivity index (χ2n) is 4.17. The van der Waals surface area contributed by atoms with Crippen molar-refractivity contribution in [2.24, 2.45) is 0 Å². The molecule has 0 bridgehead atoms. The van der Waals surface area contributed by atoms with Crippen LogP contribution in [0.4, 0.5) is 0 Å². The highest BCUT2D eigenvalue weighted by Gasteiger charge is 2.16. The Bertz CT molecular complexity index is 537. The van der Waals surface area contributed by atoms with Gasteiger partial charge in [0.2, 0.25) is 5.76 Å². The Hall–Kier alpha value is -2.14. The lowest BCUT2D eigenvalue weighted by molar-refractivity contribution is 0.0799. The summed E-state index contributed by atoms with van der Waals surface area (Å²) in [5.74, 6) is -0.104. The van der Waals surface area contributed by atoms with Crippen molar-refractivity contribution >= 4 is 5.91 Å². The summed E-state index contributed by atoms with van der Waals surface area (Å²) in [5.41, 5.74) is 2.19. The molecule has 0 aliphatic carbocycles. The maximum Gasteiger partial charge on any atom is 0.289 e. The van der Waals surface area contributed by atoms with E-state index < -0.39 is 0 Å². The van der Waals surface area contributed by atoms with Crippen molar-refractivity contribution in [3.8, 4) is 0 Å². The van der Waals surface area contributed by atoms with E-state index in [0.29, 0.717) is 6.54 Å². The number of methoxy groups -OCH3 is 1. The zero-order chi connectivity index (χ0) is 13.7. The lowest BCUT2D eigenvalue weighted by atomic mass is 10.0. The van der Waals surface area contributed by atoms with Gasteiger partial charge in [-0.05, 0) is 18.1 Å². The van der Waals surface area contributed by atoms with Crippen LogP contribution in [0.25, 0.3) is 0 Å². The van der Waals surface area contributed by atoms with E-state index in [0.717, 1.165) is 11.1 Å². The summed E-state index contributed by atoms with van der Waals surface area (Å²) in [6.07, 6.45) is 1.25. The third kappa shape index (κ3) is 3.20. The van der Waals surface area contributed by atoms with E-state index in [1.165, 1.54) is 12.3 Å². The van der Waals surface area contributed by atoms with Crippen LogP contribution in [-0.2, 0) is 4.74 Å². The average molecular weight is 260 g/mol. The van der Waals surface area contributed by atoms with Gasteiger partial charge in [-0.15, -0.1) is 0 Å². The molecule has 0 aliphatic heterocycles. The van der Waals surface area contributed by atoms with E-state index in [4.69, 9.17) is 9.26 Å². The van der Waals surface area contributed by atoms with Crippen molar-refractivity contribution in [3.63, 3.8) is 0 Å². The van der Waals surface area contributed by atoms with E-state index in [-0.39, 0.29) is 17.8 Å². The molecular formula is C14H16N2O3. The lowest BCUT2D eigenvalue weighted by Gasteiger charge is -2.18. The number of nitrogens with one attached hydrogen (secondary N) is 1. The Morgan fingerprint density at radius 3 is 2.84 bits per heavy atom. The number of carbonyl (C=O) groups excluding carboxylic acids is 1. The third-order valence-electron chi connectivity index (χ3n) is 2.93. The predicted octanol–water partition coefficient (Wildman–Crippen LogP) is 2.10. The minimum Gasteiger partial charge on any atom is -0.375 e.